The molecule has 1 aliphatic heterocycles. The predicted octanol–water partition coefficient (Wildman–Crippen LogP) is 3.05. The maximum atomic E-state index is 15.3. The Bertz CT molecular complexity index is 660. The van der Waals surface area contributed by atoms with Crippen LogP contribution in [0.2, 0.25) is 0 Å². The Morgan fingerprint density at radius 1 is 1.27 bits per heavy atom. The number of carbonyl (C=O) groups excluding carboxylic acids is 1. The van der Waals surface area contributed by atoms with Gasteiger partial charge in [0.2, 0.25) is 0 Å². The molecule has 0 spiro atoms. The highest BCUT2D eigenvalue weighted by atomic mass is 19.1. The molecule has 0 radical (unpaired) electrons. The predicted molar refractivity (Wildman–Crippen MR) is 93.8 cm³/mol. The van der Waals surface area contributed by atoms with E-state index in [9.17, 15) is 14.7 Å². The van der Waals surface area contributed by atoms with Crippen LogP contribution in [0.15, 0.2) is 30.3 Å². The minimum Gasteiger partial charge on any atom is -0.479 e. The maximum Gasteiger partial charge on any atom is 0.411 e. The quantitative estimate of drug-likeness (QED) is 0.866. The molecule has 1 aromatic rings. The van der Waals surface area contributed by atoms with E-state index in [1.165, 1.54) is 7.11 Å². The smallest absolute Gasteiger partial charge is 0.411 e. The molecule has 1 aliphatic rings. The molecular formula is C19H26FNO5. The van der Waals surface area contributed by atoms with Gasteiger partial charge >= 0.3 is 12.1 Å². The van der Waals surface area contributed by atoms with Crippen molar-refractivity contribution in [3.8, 4) is 0 Å². The molecule has 6 nitrogen and oxygen atoms in total. The second-order valence-corrected chi connectivity index (χ2v) is 7.83. The van der Waals surface area contributed by atoms with E-state index < -0.39 is 35.4 Å². The number of aliphatic carboxylic acids is 1. The molecule has 1 heterocycles. The first kappa shape index (κ1) is 20.2. The molecule has 1 aromatic carbocycles. The Balaban J connectivity index is 2.45. The number of amides is 1. The summed E-state index contributed by atoms with van der Waals surface area (Å²) in [6, 6.07) is 8.87. The zero-order valence-corrected chi connectivity index (χ0v) is 15.6. The van der Waals surface area contributed by atoms with Crippen LogP contribution in [0.5, 0.6) is 0 Å². The van der Waals surface area contributed by atoms with Crippen LogP contribution in [0.4, 0.5) is 9.18 Å². The summed E-state index contributed by atoms with van der Waals surface area (Å²) in [4.78, 5) is 25.9. The Morgan fingerprint density at radius 3 is 2.38 bits per heavy atom. The number of rotatable bonds is 5. The molecule has 144 valence electrons. The Hall–Kier alpha value is -2.15. The fraction of sp³-hybridized carbons (Fsp3) is 0.579. The largest absolute Gasteiger partial charge is 0.479 e. The van der Waals surface area contributed by atoms with Crippen molar-refractivity contribution in [1.29, 1.82) is 0 Å². The molecule has 0 unspecified atom stereocenters. The van der Waals surface area contributed by atoms with Crippen molar-refractivity contribution in [3.05, 3.63) is 35.9 Å². The van der Waals surface area contributed by atoms with Crippen LogP contribution in [0.25, 0.3) is 0 Å². The summed E-state index contributed by atoms with van der Waals surface area (Å²) >= 11 is 0. The number of carboxylic acid groups (broad SMARTS) is 1. The van der Waals surface area contributed by atoms with Crippen molar-refractivity contribution in [3.63, 3.8) is 0 Å². The van der Waals surface area contributed by atoms with Crippen LogP contribution in [-0.4, -0.2) is 59.1 Å². The number of methoxy groups -OCH3 is 1. The summed E-state index contributed by atoms with van der Waals surface area (Å²) in [5.41, 5.74) is -3.82. The molecule has 0 saturated carbocycles. The van der Waals surface area contributed by atoms with Crippen LogP contribution in [-0.2, 0) is 20.7 Å². The van der Waals surface area contributed by atoms with Crippen LogP contribution < -0.4 is 0 Å². The number of alkyl halides is 1. The van der Waals surface area contributed by atoms with Gasteiger partial charge in [0.1, 0.15) is 5.60 Å². The number of likely N-dealkylation sites (tertiary alicyclic amines) is 1. The van der Waals surface area contributed by atoms with Crippen molar-refractivity contribution in [2.45, 2.75) is 50.4 Å². The third-order valence-electron chi connectivity index (χ3n) is 4.32. The number of benzene rings is 1. The summed E-state index contributed by atoms with van der Waals surface area (Å²) in [6.07, 6.45) is -1.22. The van der Waals surface area contributed by atoms with E-state index in [1.54, 1.807) is 45.0 Å². The van der Waals surface area contributed by atoms with Crippen LogP contribution in [0, 0.1) is 0 Å². The molecular weight excluding hydrogens is 341 g/mol. The second kappa shape index (κ2) is 7.23. The highest BCUT2D eigenvalue weighted by Gasteiger charge is 2.61. The maximum absolute atomic E-state index is 15.3. The lowest BCUT2D eigenvalue weighted by Crippen LogP contribution is -2.55. The zero-order valence-electron chi connectivity index (χ0n) is 15.6. The minimum atomic E-state index is -1.96. The molecule has 0 bridgehead atoms. The molecule has 0 aromatic heterocycles. The Labute approximate surface area is 152 Å². The first-order valence-corrected chi connectivity index (χ1v) is 8.47. The van der Waals surface area contributed by atoms with Gasteiger partial charge < -0.3 is 14.6 Å². The van der Waals surface area contributed by atoms with E-state index in [-0.39, 0.29) is 19.4 Å². The molecule has 7 heteroatoms. The lowest BCUT2D eigenvalue weighted by molar-refractivity contribution is -0.149. The number of carboxylic acids is 1. The fourth-order valence-electron chi connectivity index (χ4n) is 3.38. The average Bonchev–Trinajstić information content (AvgIpc) is 2.81. The molecule has 0 aliphatic carbocycles. The van der Waals surface area contributed by atoms with Gasteiger partial charge in [-0.2, -0.15) is 0 Å². The summed E-state index contributed by atoms with van der Waals surface area (Å²) in [7, 11) is 1.34. The number of carbonyl (C=O) groups is 2. The van der Waals surface area contributed by atoms with Crippen LogP contribution >= 0.6 is 0 Å². The van der Waals surface area contributed by atoms with Crippen molar-refractivity contribution >= 4 is 12.1 Å². The van der Waals surface area contributed by atoms with Gasteiger partial charge in [0, 0.05) is 20.0 Å². The first-order valence-electron chi connectivity index (χ1n) is 8.47. The molecule has 2 atom stereocenters. The summed E-state index contributed by atoms with van der Waals surface area (Å²) in [5.74, 6) is -1.26. The minimum absolute atomic E-state index is 0.0161. The molecule has 26 heavy (non-hydrogen) atoms. The number of halogens is 1. The molecule has 1 fully saturated rings. The molecule has 1 N–H and O–H groups in total. The van der Waals surface area contributed by atoms with E-state index in [0.717, 1.165) is 4.90 Å². The average molecular weight is 367 g/mol. The van der Waals surface area contributed by atoms with E-state index in [0.29, 0.717) is 5.56 Å². The van der Waals surface area contributed by atoms with Crippen molar-refractivity contribution < 1.29 is 28.6 Å². The monoisotopic (exact) mass is 367 g/mol. The van der Waals surface area contributed by atoms with Gasteiger partial charge in [0.25, 0.3) is 0 Å². The first-order chi connectivity index (χ1) is 12.0. The highest BCUT2D eigenvalue weighted by molar-refractivity contribution is 5.86. The van der Waals surface area contributed by atoms with Gasteiger partial charge in [-0.15, -0.1) is 0 Å². The highest BCUT2D eigenvalue weighted by Crippen LogP contribution is 2.42. The zero-order chi connectivity index (χ0) is 19.6. The third-order valence-corrected chi connectivity index (χ3v) is 4.32. The lowest BCUT2D eigenvalue weighted by atomic mass is 9.85. The van der Waals surface area contributed by atoms with Gasteiger partial charge in [-0.3, -0.25) is 4.90 Å². The lowest BCUT2D eigenvalue weighted by Gasteiger charge is -2.35. The number of hydrogen-bond acceptors (Lipinski definition) is 4. The van der Waals surface area contributed by atoms with Gasteiger partial charge in [0.15, 0.2) is 11.2 Å². The van der Waals surface area contributed by atoms with Gasteiger partial charge in [0.05, 0.1) is 13.2 Å². The van der Waals surface area contributed by atoms with Crippen LogP contribution in [0.3, 0.4) is 0 Å². The summed E-state index contributed by atoms with van der Waals surface area (Å²) < 4.78 is 25.6. The molecule has 1 amide bonds. The van der Waals surface area contributed by atoms with Crippen molar-refractivity contribution in [2.75, 3.05) is 20.3 Å². The van der Waals surface area contributed by atoms with E-state index in [2.05, 4.69) is 0 Å². The second-order valence-electron chi connectivity index (χ2n) is 7.83. The van der Waals surface area contributed by atoms with E-state index in [4.69, 9.17) is 9.47 Å². The normalized spacial score (nSPS) is 26.0. The third kappa shape index (κ3) is 4.33. The summed E-state index contributed by atoms with van der Waals surface area (Å²) in [6.45, 7) is 4.35. The van der Waals surface area contributed by atoms with Crippen LogP contribution in [0.1, 0.15) is 32.8 Å². The molecule has 2 rings (SSSR count). The number of ether oxygens (including phenoxy) is 2. The Kier molecular flexibility index (Phi) is 5.61. The van der Waals surface area contributed by atoms with Gasteiger partial charge in [-0.25, -0.2) is 14.0 Å². The van der Waals surface area contributed by atoms with Gasteiger partial charge in [-0.1, -0.05) is 30.3 Å². The molecule has 1 saturated heterocycles. The van der Waals surface area contributed by atoms with E-state index >= 15 is 4.39 Å². The number of hydrogen-bond donors (Lipinski definition) is 1. The summed E-state index contributed by atoms with van der Waals surface area (Å²) in [5, 5.41) is 9.99. The number of nitrogens with zero attached hydrogens (tertiary/aromatic N) is 1. The Morgan fingerprint density at radius 2 is 1.88 bits per heavy atom. The van der Waals surface area contributed by atoms with E-state index in [1.807, 2.05) is 6.07 Å². The van der Waals surface area contributed by atoms with Crippen molar-refractivity contribution in [2.24, 2.45) is 0 Å². The SMILES string of the molecule is COC[C@]1(F)CN(C(=O)OC(C)(C)C)[C@](Cc2ccccc2)(C(=O)O)C1. The standard InChI is InChI=1S/C19H26FNO5/c1-17(2,3)26-16(24)21-12-18(20,13-25-4)11-19(21,15(22)23)10-14-8-6-5-7-9-14/h5-9H,10-13H2,1-4H3,(H,22,23)/t18-,19+/m1/s1. The van der Waals surface area contributed by atoms with Gasteiger partial charge in [-0.05, 0) is 26.3 Å². The fourth-order valence-corrected chi connectivity index (χ4v) is 3.38. The van der Waals surface area contributed by atoms with Crippen molar-refractivity contribution in [1.82, 2.24) is 4.90 Å². The topological polar surface area (TPSA) is 76.1 Å².